The van der Waals surface area contributed by atoms with E-state index in [1.54, 1.807) is 23.7 Å². The van der Waals surface area contributed by atoms with Crippen LogP contribution >= 0.6 is 11.3 Å². The number of hydrogen-bond acceptors (Lipinski definition) is 7. The van der Waals surface area contributed by atoms with E-state index in [2.05, 4.69) is 25.1 Å². The number of aromatic nitrogens is 2. The number of morpholine rings is 1. The van der Waals surface area contributed by atoms with Crippen molar-refractivity contribution in [1.29, 1.82) is 0 Å². The average Bonchev–Trinajstić information content (AvgIpc) is 3.42. The van der Waals surface area contributed by atoms with Crippen molar-refractivity contribution in [2.75, 3.05) is 41.4 Å². The normalized spacial score (nSPS) is 13.5. The molecule has 2 aromatic carbocycles. The number of rotatable bonds is 6. The molecule has 0 radical (unpaired) electrons. The van der Waals surface area contributed by atoms with Gasteiger partial charge in [0, 0.05) is 47.8 Å². The van der Waals surface area contributed by atoms with Crippen molar-refractivity contribution < 1.29 is 9.53 Å². The van der Waals surface area contributed by atoms with E-state index in [4.69, 9.17) is 4.74 Å². The highest BCUT2D eigenvalue weighted by Crippen LogP contribution is 2.38. The molecule has 1 aliphatic rings. The average molecular weight is 472 g/mol. The number of nitrogens with one attached hydrogen (secondary N) is 1. The molecule has 172 valence electrons. The molecule has 1 aliphatic heterocycles. The zero-order valence-corrected chi connectivity index (χ0v) is 19.7. The molecule has 1 N–H and O–H groups in total. The smallest absolute Gasteiger partial charge is 0.255 e. The predicted octanol–water partition coefficient (Wildman–Crippen LogP) is 5.41. The molecule has 0 unspecified atom stereocenters. The lowest BCUT2D eigenvalue weighted by Gasteiger charge is -2.29. The Balaban J connectivity index is 1.42. The number of thiazole rings is 1. The van der Waals surface area contributed by atoms with Gasteiger partial charge >= 0.3 is 0 Å². The molecule has 1 fully saturated rings. The first kappa shape index (κ1) is 22.1. The zero-order valence-electron chi connectivity index (χ0n) is 18.8. The first-order chi connectivity index (χ1) is 16.7. The molecule has 4 aromatic rings. The van der Waals surface area contributed by atoms with Gasteiger partial charge in [-0.15, -0.1) is 11.3 Å². The largest absolute Gasteiger partial charge is 0.378 e. The Bertz CT molecular complexity index is 1260. The lowest BCUT2D eigenvalue weighted by atomic mass is 10.1. The van der Waals surface area contributed by atoms with Crippen LogP contribution in [0.15, 0.2) is 78.6 Å². The third kappa shape index (κ3) is 4.78. The Hall–Kier alpha value is -3.75. The molecule has 1 saturated heterocycles. The van der Waals surface area contributed by atoms with Crippen molar-refractivity contribution in [1.82, 2.24) is 9.97 Å². The van der Waals surface area contributed by atoms with Gasteiger partial charge in [-0.3, -0.25) is 14.7 Å². The summed E-state index contributed by atoms with van der Waals surface area (Å²) < 4.78 is 5.44. The number of carbonyl (C=O) groups is 1. The summed E-state index contributed by atoms with van der Waals surface area (Å²) in [5.41, 5.74) is 5.27. The summed E-state index contributed by atoms with van der Waals surface area (Å²) >= 11 is 1.55. The van der Waals surface area contributed by atoms with Gasteiger partial charge in [0.25, 0.3) is 5.91 Å². The number of ether oxygens (including phenoxy) is 1. The number of anilines is 5. The van der Waals surface area contributed by atoms with E-state index in [9.17, 15) is 4.79 Å². The number of hydrogen-bond donors (Lipinski definition) is 1. The molecule has 1 amide bonds. The van der Waals surface area contributed by atoms with Crippen molar-refractivity contribution in [2.45, 2.75) is 6.92 Å². The fourth-order valence-electron chi connectivity index (χ4n) is 3.96. The summed E-state index contributed by atoms with van der Waals surface area (Å²) in [5, 5.41) is 5.84. The maximum absolute atomic E-state index is 13.1. The van der Waals surface area contributed by atoms with Crippen molar-refractivity contribution in [3.63, 3.8) is 0 Å². The van der Waals surface area contributed by atoms with E-state index in [-0.39, 0.29) is 5.91 Å². The van der Waals surface area contributed by atoms with Gasteiger partial charge in [0.2, 0.25) is 0 Å². The highest BCUT2D eigenvalue weighted by molar-refractivity contribution is 7.13. The van der Waals surface area contributed by atoms with Crippen LogP contribution < -0.4 is 15.1 Å². The number of amides is 1. The summed E-state index contributed by atoms with van der Waals surface area (Å²) in [7, 11) is 0. The van der Waals surface area contributed by atoms with Crippen molar-refractivity contribution in [2.24, 2.45) is 0 Å². The van der Waals surface area contributed by atoms with E-state index >= 15 is 0 Å². The molecule has 5 rings (SSSR count). The Morgan fingerprint density at radius 2 is 1.97 bits per heavy atom. The van der Waals surface area contributed by atoms with E-state index < -0.39 is 0 Å². The van der Waals surface area contributed by atoms with Crippen molar-refractivity contribution in [3.05, 3.63) is 89.7 Å². The van der Waals surface area contributed by atoms with Crippen LogP contribution in [0.5, 0.6) is 0 Å². The van der Waals surface area contributed by atoms with Gasteiger partial charge in [0.05, 0.1) is 30.8 Å². The second-order valence-corrected chi connectivity index (χ2v) is 8.84. The molecule has 2 aromatic heterocycles. The second-order valence-electron chi connectivity index (χ2n) is 7.97. The minimum absolute atomic E-state index is 0.146. The van der Waals surface area contributed by atoms with Crippen LogP contribution in [0.2, 0.25) is 0 Å². The number of benzene rings is 2. The standard InChI is InChI=1S/C26H25N5O2S/c1-19-7-8-21(17-24(19)31(26-28-10-15-34-26)23-6-3-9-27-18-23)29-25(32)20-4-2-5-22(16-20)30-11-13-33-14-12-30/h2-10,15-18H,11-14H2,1H3,(H,29,32). The highest BCUT2D eigenvalue weighted by atomic mass is 32.1. The number of nitrogens with zero attached hydrogens (tertiary/aromatic N) is 4. The summed E-state index contributed by atoms with van der Waals surface area (Å²) in [6.45, 7) is 5.11. The topological polar surface area (TPSA) is 70.6 Å². The molecule has 7 nitrogen and oxygen atoms in total. The van der Waals surface area contributed by atoms with Crippen LogP contribution in [0.3, 0.4) is 0 Å². The lowest BCUT2D eigenvalue weighted by molar-refractivity contribution is 0.102. The minimum atomic E-state index is -0.146. The SMILES string of the molecule is Cc1ccc(NC(=O)c2cccc(N3CCOCC3)c2)cc1N(c1cccnc1)c1nccs1. The van der Waals surface area contributed by atoms with Gasteiger partial charge in [0.15, 0.2) is 5.13 Å². The van der Waals surface area contributed by atoms with Crippen molar-refractivity contribution in [3.8, 4) is 0 Å². The number of pyridine rings is 1. The van der Waals surface area contributed by atoms with E-state index in [0.717, 1.165) is 40.8 Å². The Morgan fingerprint density at radius 1 is 1.09 bits per heavy atom. The molecular weight excluding hydrogens is 446 g/mol. The quantitative estimate of drug-likeness (QED) is 0.406. The Kier molecular flexibility index (Phi) is 6.51. The van der Waals surface area contributed by atoms with Crippen LogP contribution in [-0.2, 0) is 4.74 Å². The van der Waals surface area contributed by atoms with Gasteiger partial charge in [-0.2, -0.15) is 0 Å². The van der Waals surface area contributed by atoms with Gasteiger partial charge in [-0.1, -0.05) is 12.1 Å². The van der Waals surface area contributed by atoms with Crippen molar-refractivity contribution >= 4 is 45.1 Å². The van der Waals surface area contributed by atoms with Gasteiger partial charge < -0.3 is 15.0 Å². The third-order valence-electron chi connectivity index (χ3n) is 5.71. The molecule has 34 heavy (non-hydrogen) atoms. The second kappa shape index (κ2) is 10.0. The monoisotopic (exact) mass is 471 g/mol. The molecule has 0 atom stereocenters. The number of aryl methyl sites for hydroxylation is 1. The first-order valence-electron chi connectivity index (χ1n) is 11.1. The van der Waals surface area contributed by atoms with Crippen LogP contribution in [0.4, 0.5) is 27.9 Å². The lowest BCUT2D eigenvalue weighted by Crippen LogP contribution is -2.36. The molecule has 0 aliphatic carbocycles. The highest BCUT2D eigenvalue weighted by Gasteiger charge is 2.18. The third-order valence-corrected chi connectivity index (χ3v) is 6.46. The molecule has 8 heteroatoms. The number of carbonyl (C=O) groups excluding carboxylic acids is 1. The van der Waals surface area contributed by atoms with Gasteiger partial charge in [-0.25, -0.2) is 4.98 Å². The summed E-state index contributed by atoms with van der Waals surface area (Å²) in [5.74, 6) is -0.146. The fourth-order valence-corrected chi connectivity index (χ4v) is 4.64. The predicted molar refractivity (Wildman–Crippen MR) is 137 cm³/mol. The van der Waals surface area contributed by atoms with Gasteiger partial charge in [-0.05, 0) is 55.0 Å². The van der Waals surface area contributed by atoms with E-state index in [1.807, 2.05) is 73.1 Å². The zero-order chi connectivity index (χ0) is 23.3. The van der Waals surface area contributed by atoms with E-state index in [0.29, 0.717) is 24.5 Å². The maximum atomic E-state index is 13.1. The van der Waals surface area contributed by atoms with Gasteiger partial charge in [0.1, 0.15) is 0 Å². The van der Waals surface area contributed by atoms with Crippen LogP contribution in [0.1, 0.15) is 15.9 Å². The maximum Gasteiger partial charge on any atom is 0.255 e. The first-order valence-corrected chi connectivity index (χ1v) is 12.0. The summed E-state index contributed by atoms with van der Waals surface area (Å²) in [4.78, 5) is 26.2. The van der Waals surface area contributed by atoms with E-state index in [1.165, 1.54) is 0 Å². The summed E-state index contributed by atoms with van der Waals surface area (Å²) in [6, 6.07) is 17.5. The van der Waals surface area contributed by atoms with Crippen LogP contribution in [-0.4, -0.2) is 42.2 Å². The fraction of sp³-hybridized carbons (Fsp3) is 0.192. The van der Waals surface area contributed by atoms with Crippen LogP contribution in [0, 0.1) is 6.92 Å². The molecule has 3 heterocycles. The molecule has 0 saturated carbocycles. The molecular formula is C26H25N5O2S. The molecule has 0 bridgehead atoms. The Labute approximate surface area is 202 Å². The van der Waals surface area contributed by atoms with Crippen LogP contribution in [0.25, 0.3) is 0 Å². The summed E-state index contributed by atoms with van der Waals surface area (Å²) in [6.07, 6.45) is 5.34. The molecule has 0 spiro atoms. The minimum Gasteiger partial charge on any atom is -0.378 e. The Morgan fingerprint density at radius 3 is 2.74 bits per heavy atom.